The molecule has 126 valence electrons. The number of rotatable bonds is 7. The van der Waals surface area contributed by atoms with Crippen molar-refractivity contribution in [3.63, 3.8) is 0 Å². The fraction of sp³-hybridized carbons (Fsp3) is 0.211. The van der Waals surface area contributed by atoms with Gasteiger partial charge in [-0.3, -0.25) is 0 Å². The molecule has 3 rings (SSSR count). The molecule has 0 amide bonds. The van der Waals surface area contributed by atoms with Crippen LogP contribution in [0.1, 0.15) is 6.42 Å². The molecule has 2 aromatic heterocycles. The van der Waals surface area contributed by atoms with E-state index in [0.29, 0.717) is 12.4 Å². The van der Waals surface area contributed by atoms with Gasteiger partial charge in [-0.25, -0.2) is 14.5 Å². The summed E-state index contributed by atoms with van der Waals surface area (Å²) in [6.45, 7) is 1.58. The number of aromatic nitrogens is 2. The van der Waals surface area contributed by atoms with Crippen molar-refractivity contribution < 1.29 is 13.7 Å². The van der Waals surface area contributed by atoms with E-state index in [2.05, 4.69) is 31.9 Å². The number of methoxy groups -OCH3 is 1. The Morgan fingerprint density at radius 3 is 2.60 bits per heavy atom. The summed E-state index contributed by atoms with van der Waals surface area (Å²) in [5.74, 6) is 2.14. The lowest BCUT2D eigenvalue weighted by atomic mass is 10.2. The van der Waals surface area contributed by atoms with Crippen molar-refractivity contribution in [2.24, 2.45) is 4.99 Å². The molecule has 6 heteroatoms. The molecular formula is C19H18N3O2S+. The summed E-state index contributed by atoms with van der Waals surface area (Å²) in [6, 6.07) is 11.7. The number of benzene rings is 1. The van der Waals surface area contributed by atoms with Gasteiger partial charge in [0.2, 0.25) is 5.89 Å². The van der Waals surface area contributed by atoms with Crippen LogP contribution in [-0.2, 0) is 6.54 Å². The van der Waals surface area contributed by atoms with Gasteiger partial charge < -0.3 is 9.15 Å². The average molecular weight is 352 g/mol. The van der Waals surface area contributed by atoms with Crippen LogP contribution in [0, 0.1) is 0 Å². The van der Waals surface area contributed by atoms with E-state index < -0.39 is 0 Å². The highest BCUT2D eigenvalue weighted by Crippen LogP contribution is 2.26. The van der Waals surface area contributed by atoms with E-state index in [4.69, 9.17) is 9.15 Å². The SMILES string of the molecule is COc1ccc(-c2cnc(-c3cc[n+](CCCN=C=S)cc3)o2)cc1. The van der Waals surface area contributed by atoms with E-state index in [0.717, 1.165) is 35.6 Å². The molecule has 0 bridgehead atoms. The summed E-state index contributed by atoms with van der Waals surface area (Å²) in [7, 11) is 1.65. The summed E-state index contributed by atoms with van der Waals surface area (Å²) >= 11 is 4.56. The van der Waals surface area contributed by atoms with Gasteiger partial charge in [-0.2, -0.15) is 0 Å². The van der Waals surface area contributed by atoms with Crippen LogP contribution >= 0.6 is 12.2 Å². The molecule has 0 unspecified atom stereocenters. The number of pyridine rings is 1. The van der Waals surface area contributed by atoms with Crippen molar-refractivity contribution in [2.75, 3.05) is 13.7 Å². The van der Waals surface area contributed by atoms with Gasteiger partial charge in [0.05, 0.1) is 25.0 Å². The molecule has 0 fully saturated rings. The summed E-state index contributed by atoms with van der Waals surface area (Å²) in [6.07, 6.45) is 6.68. The number of nitrogens with zero attached hydrogens (tertiary/aromatic N) is 3. The monoisotopic (exact) mass is 352 g/mol. The van der Waals surface area contributed by atoms with Crippen LogP contribution in [0.3, 0.4) is 0 Å². The number of ether oxygens (including phenoxy) is 1. The normalized spacial score (nSPS) is 10.3. The molecule has 0 aliphatic heterocycles. The highest BCUT2D eigenvalue weighted by molar-refractivity contribution is 7.78. The van der Waals surface area contributed by atoms with Crippen molar-refractivity contribution in [1.82, 2.24) is 4.98 Å². The van der Waals surface area contributed by atoms with Crippen LogP contribution in [0.15, 0.2) is 64.4 Å². The van der Waals surface area contributed by atoms with Gasteiger partial charge in [0.1, 0.15) is 12.3 Å². The lowest BCUT2D eigenvalue weighted by Gasteiger charge is -2.00. The standard InChI is InChI=1S/C19H18N3O2S/c1-23-17-5-3-15(4-6-17)18-13-21-19(24-18)16-7-11-22(12-8-16)10-2-9-20-14-25/h3-8,11-13H,2,9-10H2,1H3/q+1. The zero-order chi connectivity index (χ0) is 17.5. The zero-order valence-electron chi connectivity index (χ0n) is 13.9. The van der Waals surface area contributed by atoms with Gasteiger partial charge in [0, 0.05) is 29.7 Å². The van der Waals surface area contributed by atoms with Gasteiger partial charge in [0.25, 0.3) is 0 Å². The maximum Gasteiger partial charge on any atom is 0.227 e. The molecule has 0 aliphatic carbocycles. The van der Waals surface area contributed by atoms with Crippen molar-refractivity contribution in [1.29, 1.82) is 0 Å². The van der Waals surface area contributed by atoms with Crippen LogP contribution in [0.4, 0.5) is 0 Å². The first-order valence-corrected chi connectivity index (χ1v) is 8.34. The summed E-state index contributed by atoms with van der Waals surface area (Å²) in [4.78, 5) is 8.29. The Labute approximate surface area is 151 Å². The second-order valence-corrected chi connectivity index (χ2v) is 5.59. The minimum Gasteiger partial charge on any atom is -0.497 e. The molecule has 0 atom stereocenters. The number of thiocarbonyl (C=S) groups is 1. The van der Waals surface area contributed by atoms with Gasteiger partial charge in [-0.1, -0.05) is 0 Å². The number of aryl methyl sites for hydroxylation is 1. The second kappa shape index (κ2) is 8.33. The van der Waals surface area contributed by atoms with E-state index in [1.54, 1.807) is 13.3 Å². The molecule has 3 aromatic rings. The molecule has 0 saturated carbocycles. The van der Waals surface area contributed by atoms with Gasteiger partial charge in [-0.05, 0) is 36.5 Å². The summed E-state index contributed by atoms with van der Waals surface area (Å²) in [5.41, 5.74) is 1.90. The minimum atomic E-state index is 0.600. The van der Waals surface area contributed by atoms with Crippen molar-refractivity contribution in [3.8, 4) is 28.5 Å². The highest BCUT2D eigenvalue weighted by Gasteiger charge is 2.10. The van der Waals surface area contributed by atoms with Crippen LogP contribution in [0.5, 0.6) is 5.75 Å². The van der Waals surface area contributed by atoms with E-state index in [1.165, 1.54) is 0 Å². The Morgan fingerprint density at radius 2 is 1.92 bits per heavy atom. The van der Waals surface area contributed by atoms with Crippen LogP contribution < -0.4 is 9.30 Å². The first-order chi connectivity index (χ1) is 12.3. The van der Waals surface area contributed by atoms with Gasteiger partial charge >= 0.3 is 0 Å². The third-order valence-corrected chi connectivity index (χ3v) is 3.90. The Bertz CT molecular complexity index is 866. The van der Waals surface area contributed by atoms with Crippen LogP contribution in [0.2, 0.25) is 0 Å². The third kappa shape index (κ3) is 4.38. The lowest BCUT2D eigenvalue weighted by molar-refractivity contribution is -0.697. The molecule has 2 heterocycles. The fourth-order valence-corrected chi connectivity index (χ4v) is 2.51. The Hall–Kier alpha value is -2.82. The zero-order valence-corrected chi connectivity index (χ0v) is 14.7. The second-order valence-electron chi connectivity index (χ2n) is 5.41. The third-order valence-electron chi connectivity index (χ3n) is 3.77. The fourth-order valence-electron chi connectivity index (χ4n) is 2.42. The van der Waals surface area contributed by atoms with Crippen LogP contribution in [-0.4, -0.2) is 23.8 Å². The Morgan fingerprint density at radius 1 is 1.16 bits per heavy atom. The number of hydrogen-bond donors (Lipinski definition) is 0. The maximum absolute atomic E-state index is 5.89. The number of hydrogen-bond acceptors (Lipinski definition) is 5. The molecule has 0 radical (unpaired) electrons. The van der Waals surface area contributed by atoms with E-state index in [9.17, 15) is 0 Å². The molecule has 25 heavy (non-hydrogen) atoms. The van der Waals surface area contributed by atoms with Crippen molar-refractivity contribution in [3.05, 3.63) is 55.0 Å². The molecule has 0 aliphatic rings. The maximum atomic E-state index is 5.89. The summed E-state index contributed by atoms with van der Waals surface area (Å²) in [5, 5.41) is 2.38. The van der Waals surface area contributed by atoms with Crippen molar-refractivity contribution >= 4 is 17.4 Å². The van der Waals surface area contributed by atoms with E-state index >= 15 is 0 Å². The summed E-state index contributed by atoms with van der Waals surface area (Å²) < 4.78 is 13.1. The molecule has 0 N–H and O–H groups in total. The largest absolute Gasteiger partial charge is 0.497 e. The number of isothiocyanates is 1. The quantitative estimate of drug-likeness (QED) is 0.281. The molecular weight excluding hydrogens is 334 g/mol. The van der Waals surface area contributed by atoms with Gasteiger partial charge in [-0.15, -0.1) is 0 Å². The smallest absolute Gasteiger partial charge is 0.227 e. The first-order valence-electron chi connectivity index (χ1n) is 7.93. The molecule has 1 aromatic carbocycles. The molecule has 0 saturated heterocycles. The highest BCUT2D eigenvalue weighted by atomic mass is 32.1. The lowest BCUT2D eigenvalue weighted by Crippen LogP contribution is -2.32. The molecule has 5 nitrogen and oxygen atoms in total. The van der Waals surface area contributed by atoms with Crippen molar-refractivity contribution in [2.45, 2.75) is 13.0 Å². The molecule has 0 spiro atoms. The van der Waals surface area contributed by atoms with Crippen LogP contribution in [0.25, 0.3) is 22.8 Å². The number of oxazole rings is 1. The Balaban J connectivity index is 1.69. The van der Waals surface area contributed by atoms with Gasteiger partial charge in [0.15, 0.2) is 18.2 Å². The minimum absolute atomic E-state index is 0.600. The number of aliphatic imine (C=N–C) groups is 1. The first kappa shape index (κ1) is 17.0. The average Bonchev–Trinajstić information content (AvgIpc) is 3.16. The van der Waals surface area contributed by atoms with E-state index in [1.807, 2.05) is 48.8 Å². The predicted octanol–water partition coefficient (Wildman–Crippen LogP) is 3.80. The van der Waals surface area contributed by atoms with E-state index in [-0.39, 0.29) is 0 Å². The Kier molecular flexibility index (Phi) is 5.67. The topological polar surface area (TPSA) is 51.5 Å². The predicted molar refractivity (Wildman–Crippen MR) is 98.6 cm³/mol.